The highest BCUT2D eigenvalue weighted by atomic mass is 16.5. The zero-order valence-electron chi connectivity index (χ0n) is 11.6. The average molecular weight is 281 g/mol. The van der Waals surface area contributed by atoms with Gasteiger partial charge in [0.05, 0.1) is 5.52 Å². The lowest BCUT2D eigenvalue weighted by molar-refractivity contribution is -0.131. The van der Waals surface area contributed by atoms with Gasteiger partial charge >= 0.3 is 5.97 Å². The largest absolute Gasteiger partial charge is 0.488 e. The Hall–Kier alpha value is -2.75. The molecule has 4 nitrogen and oxygen atoms in total. The van der Waals surface area contributed by atoms with Crippen LogP contribution in [-0.4, -0.2) is 11.0 Å². The van der Waals surface area contributed by atoms with Gasteiger partial charge in [-0.1, -0.05) is 30.3 Å². The number of benzene rings is 2. The minimum atomic E-state index is -0.352. The number of carbonyl (C=O) groups excluding carboxylic acids is 1. The molecule has 1 aromatic heterocycles. The highest BCUT2D eigenvalue weighted by Gasteiger charge is 2.09. The molecule has 0 amide bonds. The number of aromatic amines is 1. The number of carbonyl (C=O) groups is 1. The van der Waals surface area contributed by atoms with Gasteiger partial charge in [0.2, 0.25) is 0 Å². The van der Waals surface area contributed by atoms with Gasteiger partial charge in [-0.05, 0) is 11.6 Å². The van der Waals surface area contributed by atoms with E-state index in [-0.39, 0.29) is 5.97 Å². The van der Waals surface area contributed by atoms with Crippen LogP contribution in [0.2, 0.25) is 0 Å². The number of ether oxygens (including phenoxy) is 2. The molecule has 106 valence electrons. The summed E-state index contributed by atoms with van der Waals surface area (Å²) in [6.45, 7) is 1.84. The highest BCUT2D eigenvalue weighted by molar-refractivity contribution is 5.88. The summed E-state index contributed by atoms with van der Waals surface area (Å²) in [5.41, 5.74) is 1.95. The van der Waals surface area contributed by atoms with Crippen LogP contribution in [0.25, 0.3) is 10.9 Å². The Bertz CT molecular complexity index is 762. The third-order valence-corrected chi connectivity index (χ3v) is 3.10. The van der Waals surface area contributed by atoms with E-state index in [4.69, 9.17) is 9.47 Å². The Morgan fingerprint density at radius 1 is 1.14 bits per heavy atom. The topological polar surface area (TPSA) is 51.3 Å². The van der Waals surface area contributed by atoms with E-state index in [0.717, 1.165) is 16.5 Å². The summed E-state index contributed by atoms with van der Waals surface area (Å²) in [5.74, 6) is 0.810. The fourth-order valence-corrected chi connectivity index (χ4v) is 2.19. The standard InChI is InChI=1S/C17H15NO3/c1-12(19)21-14-9-16-15(7-8-18-16)17(10-14)20-11-13-5-3-2-4-6-13/h2-10,18H,11H2,1H3. The Morgan fingerprint density at radius 2 is 1.95 bits per heavy atom. The fraction of sp³-hybridized carbons (Fsp3) is 0.118. The molecule has 0 fully saturated rings. The van der Waals surface area contributed by atoms with E-state index in [1.165, 1.54) is 6.92 Å². The maximum absolute atomic E-state index is 11.1. The minimum absolute atomic E-state index is 0.352. The molecule has 2 aromatic carbocycles. The van der Waals surface area contributed by atoms with E-state index in [1.807, 2.05) is 42.6 Å². The second-order valence-corrected chi connectivity index (χ2v) is 4.73. The van der Waals surface area contributed by atoms with Crippen molar-refractivity contribution in [3.05, 3.63) is 60.3 Å². The number of aromatic nitrogens is 1. The molecule has 0 unspecified atom stereocenters. The predicted molar refractivity (Wildman–Crippen MR) is 80.4 cm³/mol. The molecule has 1 heterocycles. The van der Waals surface area contributed by atoms with Crippen molar-refractivity contribution in [3.8, 4) is 11.5 Å². The molecular formula is C17H15NO3. The summed E-state index contributed by atoms with van der Waals surface area (Å²) in [5, 5.41) is 0.960. The number of esters is 1. The Balaban J connectivity index is 1.89. The van der Waals surface area contributed by atoms with Crippen molar-refractivity contribution >= 4 is 16.9 Å². The SMILES string of the molecule is CC(=O)Oc1cc(OCc2ccccc2)c2cc[nH]c2c1. The van der Waals surface area contributed by atoms with Crippen molar-refractivity contribution in [3.63, 3.8) is 0 Å². The first kappa shape index (κ1) is 13.2. The summed E-state index contributed by atoms with van der Waals surface area (Å²) < 4.78 is 11.0. The Morgan fingerprint density at radius 3 is 2.71 bits per heavy atom. The zero-order chi connectivity index (χ0) is 14.7. The molecule has 0 aliphatic carbocycles. The lowest BCUT2D eigenvalue weighted by Crippen LogP contribution is -2.02. The Labute approximate surface area is 122 Å². The van der Waals surface area contributed by atoms with Crippen LogP contribution >= 0.6 is 0 Å². The van der Waals surface area contributed by atoms with Gasteiger partial charge in [0.25, 0.3) is 0 Å². The fourth-order valence-electron chi connectivity index (χ4n) is 2.19. The monoisotopic (exact) mass is 281 g/mol. The molecule has 4 heteroatoms. The van der Waals surface area contributed by atoms with Crippen LogP contribution in [-0.2, 0) is 11.4 Å². The first-order valence-electron chi connectivity index (χ1n) is 6.68. The third-order valence-electron chi connectivity index (χ3n) is 3.10. The van der Waals surface area contributed by atoms with Crippen molar-refractivity contribution in [1.82, 2.24) is 4.98 Å². The van der Waals surface area contributed by atoms with Gasteiger partial charge < -0.3 is 14.5 Å². The second kappa shape index (κ2) is 5.71. The van der Waals surface area contributed by atoms with Crippen LogP contribution in [0.4, 0.5) is 0 Å². The smallest absolute Gasteiger partial charge is 0.308 e. The van der Waals surface area contributed by atoms with E-state index in [1.54, 1.807) is 12.1 Å². The van der Waals surface area contributed by atoms with Gasteiger partial charge in [0, 0.05) is 30.6 Å². The molecule has 0 saturated carbocycles. The average Bonchev–Trinajstić information content (AvgIpc) is 2.93. The minimum Gasteiger partial charge on any atom is -0.488 e. The molecule has 0 aliphatic rings. The lowest BCUT2D eigenvalue weighted by atomic mass is 10.2. The predicted octanol–water partition coefficient (Wildman–Crippen LogP) is 3.67. The van der Waals surface area contributed by atoms with E-state index < -0.39 is 0 Å². The molecule has 0 atom stereocenters. The molecule has 1 N–H and O–H groups in total. The molecule has 0 spiro atoms. The van der Waals surface area contributed by atoms with Crippen LogP contribution in [0.5, 0.6) is 11.5 Å². The van der Waals surface area contributed by atoms with Gasteiger partial charge in [-0.15, -0.1) is 0 Å². The first-order valence-corrected chi connectivity index (χ1v) is 6.68. The number of rotatable bonds is 4. The van der Waals surface area contributed by atoms with Crippen LogP contribution < -0.4 is 9.47 Å². The van der Waals surface area contributed by atoms with Crippen molar-refractivity contribution in [2.24, 2.45) is 0 Å². The van der Waals surface area contributed by atoms with E-state index >= 15 is 0 Å². The van der Waals surface area contributed by atoms with Gasteiger partial charge in [-0.25, -0.2) is 0 Å². The maximum Gasteiger partial charge on any atom is 0.308 e. The van der Waals surface area contributed by atoms with Crippen molar-refractivity contribution in [1.29, 1.82) is 0 Å². The molecule has 0 bridgehead atoms. The van der Waals surface area contributed by atoms with Gasteiger partial charge in [-0.2, -0.15) is 0 Å². The van der Waals surface area contributed by atoms with E-state index in [9.17, 15) is 4.79 Å². The molecule has 3 aromatic rings. The number of hydrogen-bond acceptors (Lipinski definition) is 3. The molecule has 3 rings (SSSR count). The second-order valence-electron chi connectivity index (χ2n) is 4.73. The molecule has 0 radical (unpaired) electrons. The van der Waals surface area contributed by atoms with E-state index in [0.29, 0.717) is 18.1 Å². The number of hydrogen-bond donors (Lipinski definition) is 1. The summed E-state index contributed by atoms with van der Waals surface area (Å²) in [7, 11) is 0. The summed E-state index contributed by atoms with van der Waals surface area (Å²) in [6, 6.07) is 15.4. The first-order chi connectivity index (χ1) is 10.2. The zero-order valence-corrected chi connectivity index (χ0v) is 11.6. The highest BCUT2D eigenvalue weighted by Crippen LogP contribution is 2.31. The quantitative estimate of drug-likeness (QED) is 0.586. The Kier molecular flexibility index (Phi) is 3.60. The molecule has 21 heavy (non-hydrogen) atoms. The van der Waals surface area contributed by atoms with Gasteiger partial charge in [0.1, 0.15) is 18.1 Å². The van der Waals surface area contributed by atoms with Crippen LogP contribution in [0.3, 0.4) is 0 Å². The number of fused-ring (bicyclic) bond motifs is 1. The summed E-state index contributed by atoms with van der Waals surface area (Å²) in [4.78, 5) is 14.2. The van der Waals surface area contributed by atoms with Crippen molar-refractivity contribution in [2.75, 3.05) is 0 Å². The number of nitrogens with one attached hydrogen (secondary N) is 1. The number of H-pyrrole nitrogens is 1. The van der Waals surface area contributed by atoms with Gasteiger partial charge in [-0.3, -0.25) is 4.79 Å². The van der Waals surface area contributed by atoms with Gasteiger partial charge in [0.15, 0.2) is 0 Å². The van der Waals surface area contributed by atoms with Crippen LogP contribution in [0, 0.1) is 0 Å². The van der Waals surface area contributed by atoms with Crippen molar-refractivity contribution in [2.45, 2.75) is 13.5 Å². The molecular weight excluding hydrogens is 266 g/mol. The van der Waals surface area contributed by atoms with Crippen molar-refractivity contribution < 1.29 is 14.3 Å². The third kappa shape index (κ3) is 3.05. The normalized spacial score (nSPS) is 10.5. The van der Waals surface area contributed by atoms with Crippen LogP contribution in [0.15, 0.2) is 54.7 Å². The summed E-state index contributed by atoms with van der Waals surface area (Å²) in [6.07, 6.45) is 1.83. The molecule has 0 aliphatic heterocycles. The summed E-state index contributed by atoms with van der Waals surface area (Å²) >= 11 is 0. The molecule has 0 saturated heterocycles. The van der Waals surface area contributed by atoms with Crippen LogP contribution in [0.1, 0.15) is 12.5 Å². The lowest BCUT2D eigenvalue weighted by Gasteiger charge is -2.10. The maximum atomic E-state index is 11.1. The van der Waals surface area contributed by atoms with E-state index in [2.05, 4.69) is 4.98 Å².